The zero-order valence-electron chi connectivity index (χ0n) is 11.5. The van der Waals surface area contributed by atoms with Gasteiger partial charge in [-0.3, -0.25) is 14.4 Å². The summed E-state index contributed by atoms with van der Waals surface area (Å²) in [6.45, 7) is 1.24. The molecule has 2 saturated heterocycles. The van der Waals surface area contributed by atoms with E-state index in [0.717, 1.165) is 19.4 Å². The first-order valence-electron chi connectivity index (χ1n) is 6.70. The Kier molecular flexibility index (Phi) is 3.97. The second-order valence-corrected chi connectivity index (χ2v) is 5.83. The molecule has 1 N–H and O–H groups in total. The van der Waals surface area contributed by atoms with Gasteiger partial charge in [0.2, 0.25) is 0 Å². The van der Waals surface area contributed by atoms with Crippen molar-refractivity contribution in [1.82, 2.24) is 20.0 Å². The predicted molar refractivity (Wildman–Crippen MR) is 82.6 cm³/mol. The van der Waals surface area contributed by atoms with Crippen LogP contribution in [0.4, 0.5) is 0 Å². The summed E-state index contributed by atoms with van der Waals surface area (Å²) in [5.41, 5.74) is 1.07. The summed E-state index contributed by atoms with van der Waals surface area (Å²) in [6, 6.07) is 0. The van der Waals surface area contributed by atoms with Gasteiger partial charge in [-0.25, -0.2) is 0 Å². The van der Waals surface area contributed by atoms with Crippen LogP contribution >= 0.6 is 23.8 Å². The van der Waals surface area contributed by atoms with Crippen molar-refractivity contribution in [3.05, 3.63) is 22.6 Å². The average molecular weight is 327 g/mol. The van der Waals surface area contributed by atoms with Crippen LogP contribution in [0.5, 0.6) is 0 Å². The molecular formula is C13H15ClN4O2S. The molecular weight excluding hydrogens is 312 g/mol. The molecule has 1 aromatic heterocycles. The molecule has 1 aromatic rings. The molecule has 3 rings (SSSR count). The van der Waals surface area contributed by atoms with E-state index in [4.69, 9.17) is 28.6 Å². The highest BCUT2D eigenvalue weighted by molar-refractivity contribution is 7.80. The summed E-state index contributed by atoms with van der Waals surface area (Å²) in [6.07, 6.45) is 5.25. The van der Waals surface area contributed by atoms with Crippen LogP contribution in [0.15, 0.2) is 11.9 Å². The molecule has 1 atom stereocenters. The zero-order chi connectivity index (χ0) is 15.0. The van der Waals surface area contributed by atoms with E-state index in [0.29, 0.717) is 28.1 Å². The molecule has 2 fully saturated rings. The number of rotatable bonds is 3. The van der Waals surface area contributed by atoms with Gasteiger partial charge in [0.05, 0.1) is 29.6 Å². The minimum Gasteiger partial charge on any atom is -0.376 e. The molecule has 0 radical (unpaired) electrons. The third-order valence-electron chi connectivity index (χ3n) is 3.59. The highest BCUT2D eigenvalue weighted by Gasteiger charge is 2.33. The second kappa shape index (κ2) is 5.75. The number of halogens is 1. The molecule has 8 heteroatoms. The molecule has 6 nitrogen and oxygen atoms in total. The standard InChI is InChI=1S/C13H15ClN4O2S/c1-17-11(9(14)6-15-17)5-10-12(19)18(13(21)16-10)7-8-3-2-4-20-8/h5-6,8H,2-4,7H2,1H3,(H,16,21)/b10-5+. The van der Waals surface area contributed by atoms with Gasteiger partial charge in [-0.15, -0.1) is 0 Å². The van der Waals surface area contributed by atoms with Gasteiger partial charge in [-0.1, -0.05) is 11.6 Å². The Balaban J connectivity index is 1.79. The molecule has 1 amide bonds. The predicted octanol–water partition coefficient (Wildman–Crippen LogP) is 1.31. The molecule has 0 aliphatic carbocycles. The Labute approximate surface area is 132 Å². The lowest BCUT2D eigenvalue weighted by molar-refractivity contribution is -0.123. The summed E-state index contributed by atoms with van der Waals surface area (Å²) in [7, 11) is 1.76. The van der Waals surface area contributed by atoms with Gasteiger partial charge in [-0.2, -0.15) is 5.10 Å². The van der Waals surface area contributed by atoms with Crippen molar-refractivity contribution in [3.8, 4) is 0 Å². The van der Waals surface area contributed by atoms with Crippen molar-refractivity contribution >= 4 is 40.9 Å². The minimum absolute atomic E-state index is 0.0633. The molecule has 2 aliphatic heterocycles. The maximum Gasteiger partial charge on any atom is 0.276 e. The van der Waals surface area contributed by atoms with Gasteiger partial charge >= 0.3 is 0 Å². The molecule has 0 spiro atoms. The first-order valence-corrected chi connectivity index (χ1v) is 7.48. The number of aromatic nitrogens is 2. The van der Waals surface area contributed by atoms with Crippen LogP contribution in [-0.2, 0) is 16.6 Å². The van der Waals surface area contributed by atoms with Crippen LogP contribution in [-0.4, -0.2) is 45.0 Å². The van der Waals surface area contributed by atoms with Gasteiger partial charge in [0.15, 0.2) is 5.11 Å². The van der Waals surface area contributed by atoms with Crippen LogP contribution in [0, 0.1) is 0 Å². The van der Waals surface area contributed by atoms with E-state index in [1.165, 1.54) is 6.20 Å². The number of hydrogen-bond donors (Lipinski definition) is 1. The third-order valence-corrected chi connectivity index (χ3v) is 4.20. The number of nitrogens with zero attached hydrogens (tertiary/aromatic N) is 3. The van der Waals surface area contributed by atoms with Crippen molar-refractivity contribution in [2.45, 2.75) is 18.9 Å². The summed E-state index contributed by atoms with van der Waals surface area (Å²) >= 11 is 11.3. The van der Waals surface area contributed by atoms with E-state index in [1.54, 1.807) is 22.7 Å². The van der Waals surface area contributed by atoms with Crippen molar-refractivity contribution in [1.29, 1.82) is 0 Å². The number of amides is 1. The lowest BCUT2D eigenvalue weighted by atomic mass is 10.2. The van der Waals surface area contributed by atoms with Gasteiger partial charge < -0.3 is 10.1 Å². The number of ether oxygens (including phenoxy) is 1. The topological polar surface area (TPSA) is 59.4 Å². The number of aryl methyl sites for hydroxylation is 1. The van der Waals surface area contributed by atoms with Crippen molar-refractivity contribution in [2.24, 2.45) is 7.05 Å². The van der Waals surface area contributed by atoms with E-state index in [1.807, 2.05) is 0 Å². The molecule has 0 aromatic carbocycles. The highest BCUT2D eigenvalue weighted by atomic mass is 35.5. The molecule has 0 bridgehead atoms. The second-order valence-electron chi connectivity index (χ2n) is 5.04. The summed E-state index contributed by atoms with van der Waals surface area (Å²) < 4.78 is 7.16. The Bertz CT molecular complexity index is 602. The van der Waals surface area contributed by atoms with E-state index in [9.17, 15) is 4.79 Å². The maximum atomic E-state index is 12.4. The van der Waals surface area contributed by atoms with Crippen LogP contribution in [0.25, 0.3) is 6.08 Å². The first kappa shape index (κ1) is 14.5. The van der Waals surface area contributed by atoms with Crippen LogP contribution in [0.2, 0.25) is 5.02 Å². The summed E-state index contributed by atoms with van der Waals surface area (Å²) in [5, 5.41) is 7.86. The van der Waals surface area contributed by atoms with E-state index >= 15 is 0 Å². The Morgan fingerprint density at radius 3 is 3.10 bits per heavy atom. The van der Waals surface area contributed by atoms with Gasteiger partial charge in [0.25, 0.3) is 5.91 Å². The monoisotopic (exact) mass is 326 g/mol. The molecule has 0 saturated carbocycles. The van der Waals surface area contributed by atoms with E-state index in [2.05, 4.69) is 10.4 Å². The third kappa shape index (κ3) is 2.81. The Hall–Kier alpha value is -1.44. The fourth-order valence-corrected chi connectivity index (χ4v) is 2.94. The SMILES string of the molecule is Cn1ncc(Cl)c1/C=C1/NC(=S)N(CC2CCCO2)C1=O. The molecule has 3 heterocycles. The van der Waals surface area contributed by atoms with Crippen LogP contribution in [0.1, 0.15) is 18.5 Å². The minimum atomic E-state index is -0.159. The molecule has 1 unspecified atom stereocenters. The largest absolute Gasteiger partial charge is 0.376 e. The van der Waals surface area contributed by atoms with Crippen molar-refractivity contribution in [3.63, 3.8) is 0 Å². The van der Waals surface area contributed by atoms with Crippen LogP contribution < -0.4 is 5.32 Å². The van der Waals surface area contributed by atoms with E-state index < -0.39 is 0 Å². The molecule has 112 valence electrons. The maximum absolute atomic E-state index is 12.4. The number of carbonyl (C=O) groups excluding carboxylic acids is 1. The zero-order valence-corrected chi connectivity index (χ0v) is 13.1. The van der Waals surface area contributed by atoms with Gasteiger partial charge in [-0.05, 0) is 31.1 Å². The van der Waals surface area contributed by atoms with Gasteiger partial charge in [0, 0.05) is 13.7 Å². The number of carbonyl (C=O) groups is 1. The van der Waals surface area contributed by atoms with E-state index in [-0.39, 0.29) is 12.0 Å². The molecule has 2 aliphatic rings. The van der Waals surface area contributed by atoms with Gasteiger partial charge in [0.1, 0.15) is 5.70 Å². The van der Waals surface area contributed by atoms with Crippen molar-refractivity contribution < 1.29 is 9.53 Å². The average Bonchev–Trinajstić information content (AvgIpc) is 3.13. The smallest absolute Gasteiger partial charge is 0.276 e. The molecule has 21 heavy (non-hydrogen) atoms. The summed E-state index contributed by atoms with van der Waals surface area (Å²) in [5.74, 6) is -0.159. The lowest BCUT2D eigenvalue weighted by Crippen LogP contribution is -2.37. The quantitative estimate of drug-likeness (QED) is 0.670. The lowest BCUT2D eigenvalue weighted by Gasteiger charge is -2.18. The normalized spacial score (nSPS) is 24.2. The number of nitrogens with one attached hydrogen (secondary N) is 1. The number of hydrogen-bond acceptors (Lipinski definition) is 4. The number of thiocarbonyl (C=S) groups is 1. The fraction of sp³-hybridized carbons (Fsp3) is 0.462. The fourth-order valence-electron chi connectivity index (χ4n) is 2.45. The Morgan fingerprint density at radius 2 is 2.48 bits per heavy atom. The van der Waals surface area contributed by atoms with Crippen LogP contribution in [0.3, 0.4) is 0 Å². The Morgan fingerprint density at radius 1 is 1.67 bits per heavy atom. The first-order chi connectivity index (χ1) is 10.1. The summed E-state index contributed by atoms with van der Waals surface area (Å²) in [4.78, 5) is 14.0. The highest BCUT2D eigenvalue weighted by Crippen LogP contribution is 2.21. The van der Waals surface area contributed by atoms with Crippen molar-refractivity contribution in [2.75, 3.05) is 13.2 Å².